The molecule has 1 aliphatic heterocycles. The summed E-state index contributed by atoms with van der Waals surface area (Å²) >= 11 is 0. The quantitative estimate of drug-likeness (QED) is 0.892. The van der Waals surface area contributed by atoms with E-state index in [2.05, 4.69) is 11.0 Å². The molecule has 0 aromatic heterocycles. The zero-order valence-electron chi connectivity index (χ0n) is 10.2. The second-order valence-electron chi connectivity index (χ2n) is 4.27. The molecule has 1 saturated heterocycles. The number of hydrogen-bond acceptors (Lipinski definition) is 4. The van der Waals surface area contributed by atoms with Gasteiger partial charge in [0.25, 0.3) is 0 Å². The van der Waals surface area contributed by atoms with Gasteiger partial charge in [-0.2, -0.15) is 5.26 Å². The predicted octanol–water partition coefficient (Wildman–Crippen LogP) is 1.14. The molecule has 0 bridgehead atoms. The fourth-order valence-electron chi connectivity index (χ4n) is 2.01. The highest BCUT2D eigenvalue weighted by Gasteiger charge is 2.18. The molecule has 18 heavy (non-hydrogen) atoms. The van der Waals surface area contributed by atoms with E-state index in [1.54, 1.807) is 0 Å². The number of morpholine rings is 1. The van der Waals surface area contributed by atoms with E-state index in [9.17, 15) is 0 Å². The molecule has 98 valence electrons. The van der Waals surface area contributed by atoms with Crippen LogP contribution in [0.2, 0.25) is 0 Å². The third-order valence-electron chi connectivity index (χ3n) is 2.98. The Morgan fingerprint density at radius 1 is 1.39 bits per heavy atom. The third-order valence-corrected chi connectivity index (χ3v) is 2.98. The average molecular weight is 268 g/mol. The van der Waals surface area contributed by atoms with Crippen molar-refractivity contribution in [3.05, 3.63) is 35.4 Å². The topological polar surface area (TPSA) is 62.3 Å². The Labute approximate surface area is 114 Å². The molecule has 2 N–H and O–H groups in total. The van der Waals surface area contributed by atoms with Crippen LogP contribution in [0.4, 0.5) is 0 Å². The Morgan fingerprint density at radius 2 is 2.11 bits per heavy atom. The van der Waals surface area contributed by atoms with E-state index in [-0.39, 0.29) is 18.5 Å². The van der Waals surface area contributed by atoms with Crippen LogP contribution in [-0.2, 0) is 11.3 Å². The molecule has 1 atom stereocenters. The molecule has 1 fully saturated rings. The Morgan fingerprint density at radius 3 is 2.72 bits per heavy atom. The summed E-state index contributed by atoms with van der Waals surface area (Å²) in [4.78, 5) is 2.34. The number of nitriles is 1. The maximum Gasteiger partial charge on any atom is 0.0991 e. The van der Waals surface area contributed by atoms with E-state index < -0.39 is 0 Å². The molecule has 0 amide bonds. The van der Waals surface area contributed by atoms with Crippen LogP contribution < -0.4 is 5.73 Å². The van der Waals surface area contributed by atoms with Crippen LogP contribution in [-0.4, -0.2) is 37.2 Å². The van der Waals surface area contributed by atoms with Gasteiger partial charge < -0.3 is 10.5 Å². The summed E-state index contributed by atoms with van der Waals surface area (Å²) in [5.41, 5.74) is 7.54. The Hall–Kier alpha value is -1.12. The highest BCUT2D eigenvalue weighted by molar-refractivity contribution is 5.85. The van der Waals surface area contributed by atoms with Crippen LogP contribution in [0, 0.1) is 11.3 Å². The van der Waals surface area contributed by atoms with E-state index in [0.717, 1.165) is 26.2 Å². The van der Waals surface area contributed by atoms with E-state index in [1.807, 2.05) is 24.3 Å². The number of nitrogens with zero attached hydrogens (tertiary/aromatic N) is 2. The monoisotopic (exact) mass is 267 g/mol. The van der Waals surface area contributed by atoms with Gasteiger partial charge >= 0.3 is 0 Å². The second kappa shape index (κ2) is 7.34. The van der Waals surface area contributed by atoms with E-state index >= 15 is 0 Å². The lowest BCUT2D eigenvalue weighted by Gasteiger charge is -2.32. The van der Waals surface area contributed by atoms with Crippen molar-refractivity contribution in [2.45, 2.75) is 12.6 Å². The molecule has 1 aliphatic rings. The van der Waals surface area contributed by atoms with E-state index in [0.29, 0.717) is 12.1 Å². The highest BCUT2D eigenvalue weighted by Crippen LogP contribution is 2.10. The summed E-state index contributed by atoms with van der Waals surface area (Å²) in [6.45, 7) is 4.04. The maximum atomic E-state index is 8.73. The Kier molecular flexibility index (Phi) is 6.10. The van der Waals surface area contributed by atoms with Crippen LogP contribution in [0.25, 0.3) is 0 Å². The van der Waals surface area contributed by atoms with Crippen LogP contribution in [0.1, 0.15) is 11.1 Å². The number of halogens is 1. The molecule has 2 rings (SSSR count). The Balaban J connectivity index is 0.00000162. The first kappa shape index (κ1) is 14.9. The van der Waals surface area contributed by atoms with Crippen molar-refractivity contribution in [2.75, 3.05) is 26.2 Å². The molecule has 0 aliphatic carbocycles. The molecule has 1 heterocycles. The van der Waals surface area contributed by atoms with Crippen molar-refractivity contribution >= 4 is 12.4 Å². The molecular weight excluding hydrogens is 250 g/mol. The number of rotatable bonds is 3. The first-order chi connectivity index (χ1) is 8.31. The minimum Gasteiger partial charge on any atom is -0.374 e. The van der Waals surface area contributed by atoms with Gasteiger partial charge in [0.2, 0.25) is 0 Å². The van der Waals surface area contributed by atoms with Gasteiger partial charge in [-0.3, -0.25) is 4.90 Å². The zero-order chi connectivity index (χ0) is 12.1. The fraction of sp³-hybridized carbons (Fsp3) is 0.462. The van der Waals surface area contributed by atoms with Crippen LogP contribution in [0.15, 0.2) is 24.3 Å². The molecule has 0 saturated carbocycles. The SMILES string of the molecule is Cl.N#Cc1ccc(CN2CCOC(CN)C2)cc1. The maximum absolute atomic E-state index is 8.73. The predicted molar refractivity (Wildman–Crippen MR) is 72.5 cm³/mol. The van der Waals surface area contributed by atoms with Crippen molar-refractivity contribution in [2.24, 2.45) is 5.73 Å². The van der Waals surface area contributed by atoms with E-state index in [1.165, 1.54) is 5.56 Å². The van der Waals surface area contributed by atoms with Gasteiger partial charge in [-0.05, 0) is 17.7 Å². The highest BCUT2D eigenvalue weighted by atomic mass is 35.5. The number of hydrogen-bond donors (Lipinski definition) is 1. The van der Waals surface area contributed by atoms with Gasteiger partial charge in [0.15, 0.2) is 0 Å². The van der Waals surface area contributed by atoms with Crippen molar-refractivity contribution in [1.82, 2.24) is 4.90 Å². The number of ether oxygens (including phenoxy) is 1. The van der Waals surface area contributed by atoms with Gasteiger partial charge in [-0.1, -0.05) is 12.1 Å². The first-order valence-corrected chi connectivity index (χ1v) is 5.85. The van der Waals surface area contributed by atoms with Gasteiger partial charge in [0, 0.05) is 26.2 Å². The largest absolute Gasteiger partial charge is 0.374 e. The number of benzene rings is 1. The zero-order valence-corrected chi connectivity index (χ0v) is 11.0. The van der Waals surface area contributed by atoms with Gasteiger partial charge in [-0.25, -0.2) is 0 Å². The van der Waals surface area contributed by atoms with Crippen molar-refractivity contribution < 1.29 is 4.74 Å². The van der Waals surface area contributed by atoms with Gasteiger partial charge in [0.1, 0.15) is 0 Å². The van der Waals surface area contributed by atoms with Gasteiger partial charge in [0.05, 0.1) is 24.3 Å². The minimum absolute atomic E-state index is 0. The summed E-state index contributed by atoms with van der Waals surface area (Å²) in [6.07, 6.45) is 0.155. The van der Waals surface area contributed by atoms with Gasteiger partial charge in [-0.15, -0.1) is 12.4 Å². The van der Waals surface area contributed by atoms with Crippen molar-refractivity contribution in [3.8, 4) is 6.07 Å². The molecule has 1 unspecified atom stereocenters. The lowest BCUT2D eigenvalue weighted by molar-refractivity contribution is -0.0260. The van der Waals surface area contributed by atoms with Crippen LogP contribution in [0.5, 0.6) is 0 Å². The average Bonchev–Trinajstić information content (AvgIpc) is 2.40. The lowest BCUT2D eigenvalue weighted by Crippen LogP contribution is -2.45. The smallest absolute Gasteiger partial charge is 0.0991 e. The molecule has 1 aromatic carbocycles. The molecule has 5 heteroatoms. The molecule has 0 spiro atoms. The summed E-state index contributed by atoms with van der Waals surface area (Å²) in [6, 6.07) is 9.85. The molecule has 0 radical (unpaired) electrons. The Bertz CT molecular complexity index is 402. The third kappa shape index (κ3) is 3.97. The molecule has 4 nitrogen and oxygen atoms in total. The normalized spacial score (nSPS) is 19.9. The standard InChI is InChI=1S/C13H17N3O.ClH/c14-7-11-1-3-12(4-2-11)9-16-5-6-17-13(8-15)10-16;/h1-4,13H,5-6,8-10,15H2;1H. The summed E-state index contributed by atoms with van der Waals surface area (Å²) in [5.74, 6) is 0. The number of nitrogens with two attached hydrogens (primary N) is 1. The summed E-state index contributed by atoms with van der Waals surface area (Å²) in [7, 11) is 0. The first-order valence-electron chi connectivity index (χ1n) is 5.85. The molecular formula is C13H18ClN3O. The summed E-state index contributed by atoms with van der Waals surface area (Å²) in [5, 5.41) is 8.73. The second-order valence-corrected chi connectivity index (χ2v) is 4.27. The van der Waals surface area contributed by atoms with E-state index in [4.69, 9.17) is 15.7 Å². The van der Waals surface area contributed by atoms with Crippen molar-refractivity contribution in [3.63, 3.8) is 0 Å². The lowest BCUT2D eigenvalue weighted by atomic mass is 10.1. The van der Waals surface area contributed by atoms with Crippen LogP contribution >= 0.6 is 12.4 Å². The summed E-state index contributed by atoms with van der Waals surface area (Å²) < 4.78 is 5.52. The van der Waals surface area contributed by atoms with Crippen molar-refractivity contribution in [1.29, 1.82) is 5.26 Å². The van der Waals surface area contributed by atoms with Crippen LogP contribution in [0.3, 0.4) is 0 Å². The minimum atomic E-state index is 0. The fourth-order valence-corrected chi connectivity index (χ4v) is 2.01. The molecule has 1 aromatic rings.